The fraction of sp³-hybridized carbons (Fsp3) is 0.643. The largest absolute Gasteiger partial charge is 0.481 e. The smallest absolute Gasteiger partial charge is 0.307 e. The summed E-state index contributed by atoms with van der Waals surface area (Å²) in [5.74, 6) is -1.62. The Kier molecular flexibility index (Phi) is 3.50. The highest BCUT2D eigenvalue weighted by Gasteiger charge is 2.51. The number of carboxylic acid groups (broad SMARTS) is 1. The maximum atomic E-state index is 12.5. The molecule has 1 amide bonds. The van der Waals surface area contributed by atoms with Gasteiger partial charge < -0.3 is 10.0 Å². The van der Waals surface area contributed by atoms with Crippen molar-refractivity contribution < 1.29 is 14.7 Å². The highest BCUT2D eigenvalue weighted by Crippen LogP contribution is 2.43. The van der Waals surface area contributed by atoms with Crippen LogP contribution in [0.5, 0.6) is 0 Å². The molecule has 1 aliphatic carbocycles. The van der Waals surface area contributed by atoms with Gasteiger partial charge in [-0.15, -0.1) is 11.3 Å². The van der Waals surface area contributed by atoms with Crippen LogP contribution in [-0.2, 0) is 9.59 Å². The van der Waals surface area contributed by atoms with Crippen molar-refractivity contribution in [2.75, 3.05) is 6.54 Å². The standard InChI is InChI=1S/C14H18N2O3S/c1-8-7-20-12(15-8)11-4-2-3-5-16(11)13(17)9-6-10(9)14(18)19/h7,9-11H,2-6H2,1H3,(H,18,19). The van der Waals surface area contributed by atoms with Crippen LogP contribution in [0.3, 0.4) is 0 Å². The third-order valence-electron chi connectivity index (χ3n) is 4.13. The van der Waals surface area contributed by atoms with Gasteiger partial charge in [-0.2, -0.15) is 0 Å². The number of hydrogen-bond acceptors (Lipinski definition) is 4. The molecule has 1 aromatic rings. The Labute approximate surface area is 121 Å². The van der Waals surface area contributed by atoms with Gasteiger partial charge in [-0.3, -0.25) is 9.59 Å². The number of carbonyl (C=O) groups is 2. The molecule has 3 rings (SSSR count). The summed E-state index contributed by atoms with van der Waals surface area (Å²) in [6, 6.07) is 0.0463. The molecular formula is C14H18N2O3S. The van der Waals surface area contributed by atoms with Crippen LogP contribution in [0, 0.1) is 18.8 Å². The van der Waals surface area contributed by atoms with Crippen molar-refractivity contribution in [1.82, 2.24) is 9.88 Å². The van der Waals surface area contributed by atoms with Crippen LogP contribution in [-0.4, -0.2) is 33.4 Å². The molecule has 5 nitrogen and oxygen atoms in total. The van der Waals surface area contributed by atoms with E-state index in [-0.39, 0.29) is 17.9 Å². The first-order valence-corrected chi connectivity index (χ1v) is 7.91. The number of nitrogens with zero attached hydrogens (tertiary/aromatic N) is 2. The van der Waals surface area contributed by atoms with Gasteiger partial charge in [-0.05, 0) is 32.6 Å². The van der Waals surface area contributed by atoms with Crippen LogP contribution in [0.4, 0.5) is 0 Å². The average Bonchev–Trinajstić information content (AvgIpc) is 3.14. The van der Waals surface area contributed by atoms with Crippen molar-refractivity contribution in [2.45, 2.75) is 38.6 Å². The molecule has 6 heteroatoms. The van der Waals surface area contributed by atoms with E-state index in [0.717, 1.165) is 36.5 Å². The number of rotatable bonds is 3. The first-order valence-electron chi connectivity index (χ1n) is 7.03. The predicted octanol–water partition coefficient (Wildman–Crippen LogP) is 2.23. The highest BCUT2D eigenvalue weighted by atomic mass is 32.1. The Morgan fingerprint density at radius 3 is 2.80 bits per heavy atom. The third kappa shape index (κ3) is 2.44. The molecule has 2 aliphatic rings. The van der Waals surface area contributed by atoms with E-state index in [1.165, 1.54) is 0 Å². The van der Waals surface area contributed by atoms with Crippen molar-refractivity contribution in [3.63, 3.8) is 0 Å². The molecular weight excluding hydrogens is 276 g/mol. The summed E-state index contributed by atoms with van der Waals surface area (Å²) in [4.78, 5) is 29.8. The second-order valence-corrected chi connectivity index (χ2v) is 6.55. The van der Waals surface area contributed by atoms with E-state index in [4.69, 9.17) is 5.11 Å². The van der Waals surface area contributed by atoms with E-state index >= 15 is 0 Å². The topological polar surface area (TPSA) is 70.5 Å². The van der Waals surface area contributed by atoms with Gasteiger partial charge in [-0.25, -0.2) is 4.98 Å². The Bertz CT molecular complexity index is 542. The SMILES string of the molecule is Cc1csc(C2CCCCN2C(=O)C2CC2C(=O)O)n1. The number of carboxylic acids is 1. The molecule has 2 fully saturated rings. The molecule has 108 valence electrons. The van der Waals surface area contributed by atoms with Crippen LogP contribution < -0.4 is 0 Å². The zero-order chi connectivity index (χ0) is 14.3. The fourth-order valence-corrected chi connectivity index (χ4v) is 3.87. The van der Waals surface area contributed by atoms with E-state index in [1.807, 2.05) is 17.2 Å². The maximum absolute atomic E-state index is 12.5. The Hall–Kier alpha value is -1.43. The second kappa shape index (κ2) is 5.16. The molecule has 0 aromatic carbocycles. The number of carbonyl (C=O) groups excluding carboxylic acids is 1. The van der Waals surface area contributed by atoms with Crippen molar-refractivity contribution in [1.29, 1.82) is 0 Å². The van der Waals surface area contributed by atoms with Crippen LogP contribution in [0.2, 0.25) is 0 Å². The van der Waals surface area contributed by atoms with Crippen molar-refractivity contribution in [2.24, 2.45) is 11.8 Å². The molecule has 3 atom stereocenters. The monoisotopic (exact) mass is 294 g/mol. The van der Waals surface area contributed by atoms with Gasteiger partial charge >= 0.3 is 5.97 Å². The lowest BCUT2D eigenvalue weighted by molar-refractivity contribution is -0.143. The van der Waals surface area contributed by atoms with E-state index in [9.17, 15) is 9.59 Å². The van der Waals surface area contributed by atoms with Crippen LogP contribution in [0.25, 0.3) is 0 Å². The number of amides is 1. The molecule has 1 aliphatic heterocycles. The first-order chi connectivity index (χ1) is 9.58. The van der Waals surface area contributed by atoms with Crippen molar-refractivity contribution in [3.05, 3.63) is 16.1 Å². The number of aliphatic carboxylic acids is 1. The zero-order valence-corrected chi connectivity index (χ0v) is 12.2. The van der Waals surface area contributed by atoms with Crippen molar-refractivity contribution in [3.8, 4) is 0 Å². The van der Waals surface area contributed by atoms with Gasteiger partial charge in [0.1, 0.15) is 5.01 Å². The van der Waals surface area contributed by atoms with E-state index in [0.29, 0.717) is 6.42 Å². The van der Waals surface area contributed by atoms with Gasteiger partial charge in [0, 0.05) is 17.6 Å². The lowest BCUT2D eigenvalue weighted by Crippen LogP contribution is -2.40. The fourth-order valence-electron chi connectivity index (χ4n) is 2.93. The van der Waals surface area contributed by atoms with Crippen LogP contribution >= 0.6 is 11.3 Å². The Balaban J connectivity index is 1.76. The molecule has 1 saturated carbocycles. The molecule has 1 saturated heterocycles. The van der Waals surface area contributed by atoms with Gasteiger partial charge in [0.25, 0.3) is 0 Å². The molecule has 1 N–H and O–H groups in total. The summed E-state index contributed by atoms with van der Waals surface area (Å²) in [5, 5.41) is 12.0. The normalized spacial score (nSPS) is 29.2. The van der Waals surface area contributed by atoms with E-state index in [2.05, 4.69) is 4.98 Å². The highest BCUT2D eigenvalue weighted by molar-refractivity contribution is 7.09. The lowest BCUT2D eigenvalue weighted by Gasteiger charge is -2.34. The Morgan fingerprint density at radius 2 is 2.20 bits per heavy atom. The van der Waals surface area contributed by atoms with Crippen LogP contribution in [0.1, 0.15) is 42.4 Å². The molecule has 20 heavy (non-hydrogen) atoms. The Morgan fingerprint density at radius 1 is 1.40 bits per heavy atom. The number of piperidine rings is 1. The predicted molar refractivity (Wildman–Crippen MR) is 74.4 cm³/mol. The molecule has 0 bridgehead atoms. The van der Waals surface area contributed by atoms with Crippen LogP contribution in [0.15, 0.2) is 5.38 Å². The lowest BCUT2D eigenvalue weighted by atomic mass is 10.0. The number of thiazole rings is 1. The summed E-state index contributed by atoms with van der Waals surface area (Å²) in [6.45, 7) is 2.68. The summed E-state index contributed by atoms with van der Waals surface area (Å²) in [6.07, 6.45) is 3.52. The third-order valence-corrected chi connectivity index (χ3v) is 5.20. The summed E-state index contributed by atoms with van der Waals surface area (Å²) < 4.78 is 0. The molecule has 0 spiro atoms. The maximum Gasteiger partial charge on any atom is 0.307 e. The zero-order valence-electron chi connectivity index (χ0n) is 11.4. The van der Waals surface area contributed by atoms with Gasteiger partial charge in [0.2, 0.25) is 5.91 Å². The summed E-state index contributed by atoms with van der Waals surface area (Å²) >= 11 is 1.60. The minimum atomic E-state index is -0.845. The molecule has 3 unspecified atom stereocenters. The second-order valence-electron chi connectivity index (χ2n) is 5.66. The van der Waals surface area contributed by atoms with Gasteiger partial charge in [0.05, 0.1) is 17.9 Å². The van der Waals surface area contributed by atoms with Gasteiger partial charge in [0.15, 0.2) is 0 Å². The number of aromatic nitrogens is 1. The first kappa shape index (κ1) is 13.5. The number of hydrogen-bond donors (Lipinski definition) is 1. The summed E-state index contributed by atoms with van der Waals surface area (Å²) in [5.41, 5.74) is 0.984. The molecule has 0 radical (unpaired) electrons. The molecule has 1 aromatic heterocycles. The van der Waals surface area contributed by atoms with E-state index < -0.39 is 11.9 Å². The summed E-state index contributed by atoms with van der Waals surface area (Å²) in [7, 11) is 0. The molecule has 2 heterocycles. The van der Waals surface area contributed by atoms with Gasteiger partial charge in [-0.1, -0.05) is 0 Å². The van der Waals surface area contributed by atoms with E-state index in [1.54, 1.807) is 11.3 Å². The number of aryl methyl sites for hydroxylation is 1. The van der Waals surface area contributed by atoms with Crippen molar-refractivity contribution >= 4 is 23.2 Å². The minimum absolute atomic E-state index is 0.00922. The quantitative estimate of drug-likeness (QED) is 0.928. The average molecular weight is 294 g/mol. The number of likely N-dealkylation sites (tertiary alicyclic amines) is 1. The minimum Gasteiger partial charge on any atom is -0.481 e.